The fraction of sp³-hybridized carbons (Fsp3) is 0.176. The summed E-state index contributed by atoms with van der Waals surface area (Å²) in [6, 6.07) is 12.1. The van der Waals surface area contributed by atoms with Crippen LogP contribution in [0.15, 0.2) is 47.2 Å². The van der Waals surface area contributed by atoms with Gasteiger partial charge in [-0.1, -0.05) is 44.2 Å². The largest absolute Gasteiger partial charge is 0.297 e. The van der Waals surface area contributed by atoms with Crippen molar-refractivity contribution in [3.8, 4) is 11.3 Å². The number of nitrogens with one attached hydrogen (secondary N) is 1. The maximum absolute atomic E-state index is 12.0. The Morgan fingerprint density at radius 1 is 1.14 bits per heavy atom. The van der Waals surface area contributed by atoms with Gasteiger partial charge < -0.3 is 0 Å². The average molecular weight is 328 g/mol. The third kappa shape index (κ3) is 3.26. The SMILES string of the molecule is CC(C)c1ccc(-c2csc(NC(=O)c3cccs3)n2)cc1. The van der Waals surface area contributed by atoms with Gasteiger partial charge >= 0.3 is 0 Å². The number of nitrogens with zero attached hydrogens (tertiary/aromatic N) is 1. The molecule has 0 aliphatic rings. The number of amides is 1. The van der Waals surface area contributed by atoms with Gasteiger partial charge in [0, 0.05) is 10.9 Å². The van der Waals surface area contributed by atoms with Gasteiger partial charge in [0.05, 0.1) is 10.6 Å². The minimum atomic E-state index is -0.106. The number of hydrogen-bond acceptors (Lipinski definition) is 4. The number of rotatable bonds is 4. The van der Waals surface area contributed by atoms with Crippen LogP contribution in [0.2, 0.25) is 0 Å². The molecule has 3 rings (SSSR count). The Labute approximate surface area is 137 Å². The van der Waals surface area contributed by atoms with Crippen molar-refractivity contribution in [2.24, 2.45) is 0 Å². The predicted molar refractivity (Wildman–Crippen MR) is 93.9 cm³/mol. The number of carbonyl (C=O) groups excluding carboxylic acids is 1. The van der Waals surface area contributed by atoms with Crippen molar-refractivity contribution in [3.05, 3.63) is 57.6 Å². The van der Waals surface area contributed by atoms with Gasteiger partial charge in [0.25, 0.3) is 5.91 Å². The van der Waals surface area contributed by atoms with Crippen LogP contribution in [-0.2, 0) is 0 Å². The summed E-state index contributed by atoms with van der Waals surface area (Å²) >= 11 is 2.86. The first-order valence-electron chi connectivity index (χ1n) is 7.04. The van der Waals surface area contributed by atoms with E-state index in [1.807, 2.05) is 16.8 Å². The molecule has 0 aliphatic carbocycles. The second-order valence-corrected chi connectivity index (χ2v) is 7.05. The van der Waals surface area contributed by atoms with Crippen LogP contribution < -0.4 is 5.32 Å². The van der Waals surface area contributed by atoms with E-state index < -0.39 is 0 Å². The van der Waals surface area contributed by atoms with Crippen LogP contribution in [0.1, 0.15) is 35.0 Å². The standard InChI is InChI=1S/C17H16N2OS2/c1-11(2)12-5-7-13(8-6-12)14-10-22-17(18-14)19-16(20)15-4-3-9-21-15/h3-11H,1-2H3,(H,18,19,20). The lowest BCUT2D eigenvalue weighted by Gasteiger charge is -2.05. The molecule has 112 valence electrons. The highest BCUT2D eigenvalue weighted by molar-refractivity contribution is 7.14. The van der Waals surface area contributed by atoms with Gasteiger partial charge in [-0.2, -0.15) is 0 Å². The normalized spacial score (nSPS) is 10.9. The van der Waals surface area contributed by atoms with Crippen molar-refractivity contribution in [2.45, 2.75) is 19.8 Å². The zero-order valence-electron chi connectivity index (χ0n) is 12.4. The molecule has 0 unspecified atom stereocenters. The lowest BCUT2D eigenvalue weighted by Crippen LogP contribution is -2.09. The fourth-order valence-corrected chi connectivity index (χ4v) is 3.40. The number of carbonyl (C=O) groups is 1. The van der Waals surface area contributed by atoms with Crippen LogP contribution in [0.5, 0.6) is 0 Å². The van der Waals surface area contributed by atoms with E-state index in [-0.39, 0.29) is 5.91 Å². The molecule has 0 saturated carbocycles. The van der Waals surface area contributed by atoms with Crippen molar-refractivity contribution >= 4 is 33.7 Å². The van der Waals surface area contributed by atoms with Crippen molar-refractivity contribution in [1.82, 2.24) is 4.98 Å². The lowest BCUT2D eigenvalue weighted by atomic mass is 10.0. The molecular weight excluding hydrogens is 312 g/mol. The number of anilines is 1. The second kappa shape index (κ2) is 6.42. The van der Waals surface area contributed by atoms with Crippen molar-refractivity contribution in [1.29, 1.82) is 0 Å². The molecule has 1 N–H and O–H groups in total. The van der Waals surface area contributed by atoms with Crippen LogP contribution in [0.4, 0.5) is 5.13 Å². The Morgan fingerprint density at radius 2 is 1.91 bits per heavy atom. The summed E-state index contributed by atoms with van der Waals surface area (Å²) in [6.07, 6.45) is 0. The van der Waals surface area contributed by atoms with Crippen LogP contribution in [0.25, 0.3) is 11.3 Å². The summed E-state index contributed by atoms with van der Waals surface area (Å²) in [5.74, 6) is 0.413. The summed E-state index contributed by atoms with van der Waals surface area (Å²) in [4.78, 5) is 17.2. The molecule has 3 nitrogen and oxygen atoms in total. The number of thiazole rings is 1. The molecule has 0 aliphatic heterocycles. The summed E-state index contributed by atoms with van der Waals surface area (Å²) < 4.78 is 0. The van der Waals surface area contributed by atoms with Gasteiger partial charge in [-0.05, 0) is 22.9 Å². The zero-order chi connectivity index (χ0) is 15.5. The van der Waals surface area contributed by atoms with Gasteiger partial charge in [-0.25, -0.2) is 4.98 Å². The number of thiophene rings is 1. The monoisotopic (exact) mass is 328 g/mol. The Bertz CT molecular complexity index is 758. The van der Waals surface area contributed by atoms with Crippen LogP contribution in [0, 0.1) is 0 Å². The second-order valence-electron chi connectivity index (χ2n) is 5.25. The minimum Gasteiger partial charge on any atom is -0.297 e. The first-order valence-corrected chi connectivity index (χ1v) is 8.80. The zero-order valence-corrected chi connectivity index (χ0v) is 14.0. The summed E-state index contributed by atoms with van der Waals surface area (Å²) in [5.41, 5.74) is 3.27. The number of benzene rings is 1. The molecule has 2 aromatic heterocycles. The van der Waals surface area contributed by atoms with E-state index in [2.05, 4.69) is 48.4 Å². The van der Waals surface area contributed by atoms with Gasteiger partial charge in [0.1, 0.15) is 0 Å². The third-order valence-electron chi connectivity index (χ3n) is 3.34. The highest BCUT2D eigenvalue weighted by atomic mass is 32.1. The molecule has 2 heterocycles. The highest BCUT2D eigenvalue weighted by Gasteiger charge is 2.10. The van der Waals surface area contributed by atoms with Crippen molar-refractivity contribution < 1.29 is 4.79 Å². The molecule has 0 saturated heterocycles. The summed E-state index contributed by atoms with van der Waals surface area (Å²) in [5, 5.41) is 7.32. The topological polar surface area (TPSA) is 42.0 Å². The van der Waals surface area contributed by atoms with Gasteiger partial charge in [-0.3, -0.25) is 10.1 Å². The lowest BCUT2D eigenvalue weighted by molar-refractivity contribution is 0.103. The molecule has 0 bridgehead atoms. The van der Waals surface area contributed by atoms with E-state index in [4.69, 9.17) is 0 Å². The molecule has 0 atom stereocenters. The fourth-order valence-electron chi connectivity index (χ4n) is 2.07. The van der Waals surface area contributed by atoms with E-state index in [0.29, 0.717) is 15.9 Å². The molecule has 1 aromatic carbocycles. The third-order valence-corrected chi connectivity index (χ3v) is 4.97. The Morgan fingerprint density at radius 3 is 2.55 bits per heavy atom. The maximum atomic E-state index is 12.0. The first kappa shape index (κ1) is 14.9. The molecule has 5 heteroatoms. The Balaban J connectivity index is 1.74. The van der Waals surface area contributed by atoms with Crippen molar-refractivity contribution in [2.75, 3.05) is 5.32 Å². The van der Waals surface area contributed by atoms with E-state index in [1.165, 1.54) is 28.2 Å². The van der Waals surface area contributed by atoms with E-state index in [1.54, 1.807) is 6.07 Å². The summed E-state index contributed by atoms with van der Waals surface area (Å²) in [6.45, 7) is 4.35. The molecule has 0 fully saturated rings. The van der Waals surface area contributed by atoms with Gasteiger partial charge in [-0.15, -0.1) is 22.7 Å². The predicted octanol–water partition coefficient (Wildman–Crippen LogP) is 5.25. The average Bonchev–Trinajstić information content (AvgIpc) is 3.19. The highest BCUT2D eigenvalue weighted by Crippen LogP contribution is 2.27. The molecule has 22 heavy (non-hydrogen) atoms. The molecule has 3 aromatic rings. The molecule has 0 spiro atoms. The van der Waals surface area contributed by atoms with Gasteiger partial charge in [0.15, 0.2) is 5.13 Å². The number of hydrogen-bond donors (Lipinski definition) is 1. The molecule has 1 amide bonds. The van der Waals surface area contributed by atoms with Crippen LogP contribution >= 0.6 is 22.7 Å². The Hall–Kier alpha value is -1.98. The minimum absolute atomic E-state index is 0.106. The molecular formula is C17H16N2OS2. The van der Waals surface area contributed by atoms with Crippen molar-refractivity contribution in [3.63, 3.8) is 0 Å². The summed E-state index contributed by atoms with van der Waals surface area (Å²) in [7, 11) is 0. The Kier molecular flexibility index (Phi) is 4.36. The number of aromatic nitrogens is 1. The quantitative estimate of drug-likeness (QED) is 0.711. The van der Waals surface area contributed by atoms with E-state index in [0.717, 1.165) is 11.3 Å². The molecule has 0 radical (unpaired) electrons. The maximum Gasteiger partial charge on any atom is 0.267 e. The van der Waals surface area contributed by atoms with Crippen LogP contribution in [-0.4, -0.2) is 10.9 Å². The smallest absolute Gasteiger partial charge is 0.267 e. The van der Waals surface area contributed by atoms with Crippen LogP contribution in [0.3, 0.4) is 0 Å². The van der Waals surface area contributed by atoms with E-state index in [9.17, 15) is 4.79 Å². The van der Waals surface area contributed by atoms with E-state index >= 15 is 0 Å². The van der Waals surface area contributed by atoms with Gasteiger partial charge in [0.2, 0.25) is 0 Å². The first-order chi connectivity index (χ1) is 10.6.